The molecule has 0 amide bonds. The average molecular weight is 329 g/mol. The van der Waals surface area contributed by atoms with E-state index in [-0.39, 0.29) is 0 Å². The Hall–Kier alpha value is -2.73. The van der Waals surface area contributed by atoms with Crippen molar-refractivity contribution >= 4 is 40.6 Å². The van der Waals surface area contributed by atoms with Gasteiger partial charge in [0.25, 0.3) is 0 Å². The molecular formula is C16H17ClN6. The molecule has 118 valence electrons. The minimum atomic E-state index is 0.563. The SMILES string of the molecule is CN(C)c1n[nH]c(Nc2ccc(Nc3ccccc3)c(Cl)c2)n1. The minimum absolute atomic E-state index is 0.563. The number of hydrogen-bond acceptors (Lipinski definition) is 5. The standard InChI is InChI=1S/C16H17ClN6/c1-23(2)16-20-15(21-22-16)19-12-8-9-14(13(17)10-12)18-11-6-4-3-5-7-11/h3-10,18H,1-2H3,(H2,19,20,21,22). The second-order valence-electron chi connectivity index (χ2n) is 5.19. The zero-order chi connectivity index (χ0) is 16.2. The third-order valence-electron chi connectivity index (χ3n) is 3.16. The number of aromatic amines is 1. The number of benzene rings is 2. The number of anilines is 5. The normalized spacial score (nSPS) is 10.4. The van der Waals surface area contributed by atoms with Gasteiger partial charge >= 0.3 is 0 Å². The van der Waals surface area contributed by atoms with Gasteiger partial charge in [-0.15, -0.1) is 5.10 Å². The predicted octanol–water partition coefficient (Wildman–Crippen LogP) is 4.01. The third kappa shape index (κ3) is 3.73. The zero-order valence-corrected chi connectivity index (χ0v) is 13.6. The summed E-state index contributed by atoms with van der Waals surface area (Å²) in [7, 11) is 3.77. The molecular weight excluding hydrogens is 312 g/mol. The smallest absolute Gasteiger partial charge is 0.245 e. The van der Waals surface area contributed by atoms with Crippen LogP contribution in [0.5, 0.6) is 0 Å². The number of hydrogen-bond donors (Lipinski definition) is 3. The van der Waals surface area contributed by atoms with Crippen LogP contribution in [0.25, 0.3) is 0 Å². The van der Waals surface area contributed by atoms with Crippen LogP contribution in [0.1, 0.15) is 0 Å². The minimum Gasteiger partial charge on any atom is -0.354 e. The summed E-state index contributed by atoms with van der Waals surface area (Å²) in [5, 5.41) is 14.0. The van der Waals surface area contributed by atoms with Crippen molar-refractivity contribution in [3.8, 4) is 0 Å². The van der Waals surface area contributed by atoms with Gasteiger partial charge in [0.05, 0.1) is 10.7 Å². The summed E-state index contributed by atoms with van der Waals surface area (Å²) < 4.78 is 0. The quantitative estimate of drug-likeness (QED) is 0.660. The molecule has 0 radical (unpaired) electrons. The first-order chi connectivity index (χ1) is 11.1. The summed E-state index contributed by atoms with van der Waals surface area (Å²) in [6.45, 7) is 0. The highest BCUT2D eigenvalue weighted by atomic mass is 35.5. The second-order valence-corrected chi connectivity index (χ2v) is 5.60. The van der Waals surface area contributed by atoms with Gasteiger partial charge in [0, 0.05) is 25.5 Å². The maximum atomic E-state index is 6.34. The summed E-state index contributed by atoms with van der Waals surface area (Å²) >= 11 is 6.34. The van der Waals surface area contributed by atoms with Crippen molar-refractivity contribution in [2.45, 2.75) is 0 Å². The van der Waals surface area contributed by atoms with Crippen LogP contribution in [-0.4, -0.2) is 29.3 Å². The van der Waals surface area contributed by atoms with Gasteiger partial charge in [-0.25, -0.2) is 5.10 Å². The van der Waals surface area contributed by atoms with E-state index in [4.69, 9.17) is 11.6 Å². The highest BCUT2D eigenvalue weighted by Gasteiger charge is 2.07. The van der Waals surface area contributed by atoms with Crippen LogP contribution in [0.4, 0.5) is 29.0 Å². The molecule has 1 aromatic heterocycles. The Morgan fingerprint density at radius 1 is 1.00 bits per heavy atom. The Labute approximate surface area is 139 Å². The molecule has 0 unspecified atom stereocenters. The average Bonchev–Trinajstić information content (AvgIpc) is 3.00. The molecule has 6 nitrogen and oxygen atoms in total. The molecule has 3 aromatic rings. The number of rotatable bonds is 5. The van der Waals surface area contributed by atoms with Gasteiger partial charge in [-0.1, -0.05) is 29.8 Å². The Balaban J connectivity index is 1.73. The maximum Gasteiger partial charge on any atom is 0.245 e. The lowest BCUT2D eigenvalue weighted by Crippen LogP contribution is -2.10. The number of halogens is 1. The van der Waals surface area contributed by atoms with Crippen molar-refractivity contribution in [2.75, 3.05) is 29.6 Å². The third-order valence-corrected chi connectivity index (χ3v) is 3.47. The van der Waals surface area contributed by atoms with Crippen LogP contribution < -0.4 is 15.5 Å². The van der Waals surface area contributed by atoms with E-state index >= 15 is 0 Å². The number of nitrogens with zero attached hydrogens (tertiary/aromatic N) is 3. The Bertz CT molecular complexity index is 784. The van der Waals surface area contributed by atoms with Gasteiger partial charge in [0.15, 0.2) is 0 Å². The van der Waals surface area contributed by atoms with E-state index in [1.807, 2.05) is 67.5 Å². The maximum absolute atomic E-state index is 6.34. The fourth-order valence-electron chi connectivity index (χ4n) is 2.02. The van der Waals surface area contributed by atoms with Crippen LogP contribution in [0.15, 0.2) is 48.5 Å². The highest BCUT2D eigenvalue weighted by molar-refractivity contribution is 6.33. The second kappa shape index (κ2) is 6.58. The van der Waals surface area contributed by atoms with Crippen molar-refractivity contribution in [3.63, 3.8) is 0 Å². The Morgan fingerprint density at radius 3 is 2.43 bits per heavy atom. The van der Waals surface area contributed by atoms with Crippen LogP contribution >= 0.6 is 11.6 Å². The van der Waals surface area contributed by atoms with E-state index in [1.165, 1.54) is 0 Å². The van der Waals surface area contributed by atoms with E-state index in [2.05, 4.69) is 25.8 Å². The van der Waals surface area contributed by atoms with E-state index in [1.54, 1.807) is 0 Å². The molecule has 3 N–H and O–H groups in total. The molecule has 0 aliphatic heterocycles. The number of aromatic nitrogens is 3. The summed E-state index contributed by atoms with van der Waals surface area (Å²) in [5.41, 5.74) is 2.66. The first-order valence-corrected chi connectivity index (χ1v) is 7.48. The van der Waals surface area contributed by atoms with Crippen LogP contribution in [0, 0.1) is 0 Å². The Kier molecular flexibility index (Phi) is 4.34. The van der Waals surface area contributed by atoms with Gasteiger partial charge in [0.2, 0.25) is 11.9 Å². The van der Waals surface area contributed by atoms with Crippen molar-refractivity contribution in [3.05, 3.63) is 53.6 Å². The predicted molar refractivity (Wildman–Crippen MR) is 95.2 cm³/mol. The molecule has 0 aliphatic carbocycles. The fourth-order valence-corrected chi connectivity index (χ4v) is 2.24. The molecule has 0 fully saturated rings. The molecule has 3 rings (SSSR count). The number of H-pyrrole nitrogens is 1. The highest BCUT2D eigenvalue weighted by Crippen LogP contribution is 2.29. The fraction of sp³-hybridized carbons (Fsp3) is 0.125. The molecule has 1 heterocycles. The molecule has 23 heavy (non-hydrogen) atoms. The number of para-hydroxylation sites is 1. The molecule has 0 aliphatic rings. The number of nitrogens with one attached hydrogen (secondary N) is 3. The van der Waals surface area contributed by atoms with E-state index < -0.39 is 0 Å². The van der Waals surface area contributed by atoms with Crippen LogP contribution in [0.2, 0.25) is 5.02 Å². The monoisotopic (exact) mass is 328 g/mol. The molecule has 2 aromatic carbocycles. The molecule has 0 bridgehead atoms. The zero-order valence-electron chi connectivity index (χ0n) is 12.8. The van der Waals surface area contributed by atoms with Gasteiger partial charge in [-0.2, -0.15) is 4.98 Å². The van der Waals surface area contributed by atoms with Gasteiger partial charge < -0.3 is 15.5 Å². The van der Waals surface area contributed by atoms with E-state index in [0.29, 0.717) is 16.9 Å². The largest absolute Gasteiger partial charge is 0.354 e. The molecule has 7 heteroatoms. The van der Waals surface area contributed by atoms with Gasteiger partial charge in [-0.05, 0) is 30.3 Å². The van der Waals surface area contributed by atoms with Gasteiger partial charge in [0.1, 0.15) is 0 Å². The van der Waals surface area contributed by atoms with Crippen molar-refractivity contribution in [2.24, 2.45) is 0 Å². The van der Waals surface area contributed by atoms with Crippen molar-refractivity contribution < 1.29 is 0 Å². The van der Waals surface area contributed by atoms with E-state index in [0.717, 1.165) is 17.1 Å². The lowest BCUT2D eigenvalue weighted by atomic mass is 10.2. The van der Waals surface area contributed by atoms with Crippen LogP contribution in [0.3, 0.4) is 0 Å². The molecule has 0 spiro atoms. The lowest BCUT2D eigenvalue weighted by molar-refractivity contribution is 0.999. The Morgan fingerprint density at radius 2 is 1.78 bits per heavy atom. The summed E-state index contributed by atoms with van der Waals surface area (Å²) in [6, 6.07) is 15.6. The van der Waals surface area contributed by atoms with Crippen molar-refractivity contribution in [1.29, 1.82) is 0 Å². The molecule has 0 saturated carbocycles. The van der Waals surface area contributed by atoms with E-state index in [9.17, 15) is 0 Å². The summed E-state index contributed by atoms with van der Waals surface area (Å²) in [6.07, 6.45) is 0. The first-order valence-electron chi connectivity index (χ1n) is 7.10. The van der Waals surface area contributed by atoms with Crippen molar-refractivity contribution in [1.82, 2.24) is 15.2 Å². The summed E-state index contributed by atoms with van der Waals surface area (Å²) in [4.78, 5) is 6.14. The molecule has 0 saturated heterocycles. The lowest BCUT2D eigenvalue weighted by Gasteiger charge is -2.10. The summed E-state index contributed by atoms with van der Waals surface area (Å²) in [5.74, 6) is 1.18. The molecule has 0 atom stereocenters. The topological polar surface area (TPSA) is 68.9 Å². The van der Waals surface area contributed by atoms with Crippen LogP contribution in [-0.2, 0) is 0 Å². The van der Waals surface area contributed by atoms with Gasteiger partial charge in [-0.3, -0.25) is 0 Å². The first kappa shape index (κ1) is 15.2.